The number of hydrogen-bond acceptors (Lipinski definition) is 0. The zero-order chi connectivity index (χ0) is 13.2. The van der Waals surface area contributed by atoms with Gasteiger partial charge < -0.3 is 0 Å². The molecule has 0 nitrogen and oxygen atoms in total. The zero-order valence-electron chi connectivity index (χ0n) is 11.7. The Balaban J connectivity index is 2.10. The highest BCUT2D eigenvalue weighted by Gasteiger charge is 2.11. The highest BCUT2D eigenvalue weighted by Crippen LogP contribution is 2.33. The molecule has 0 atom stereocenters. The zero-order valence-corrected chi connectivity index (χ0v) is 11.7. The number of rotatable bonds is 3. The molecule has 0 unspecified atom stereocenters. The van der Waals surface area contributed by atoms with E-state index in [1.54, 1.807) is 5.57 Å². The molecule has 96 valence electrons. The minimum Gasteiger partial charge on any atom is -0.0726 e. The van der Waals surface area contributed by atoms with Crippen molar-refractivity contribution in [1.82, 2.24) is 0 Å². The minimum atomic E-state index is 1.13. The smallest absolute Gasteiger partial charge is 0.0103 e. The fourth-order valence-electron chi connectivity index (χ4n) is 2.96. The lowest BCUT2D eigenvalue weighted by Gasteiger charge is -2.08. The van der Waals surface area contributed by atoms with Crippen molar-refractivity contribution < 1.29 is 0 Å². The summed E-state index contributed by atoms with van der Waals surface area (Å²) in [6.07, 6.45) is 8.36. The maximum absolute atomic E-state index is 2.39. The van der Waals surface area contributed by atoms with E-state index >= 15 is 0 Å². The van der Waals surface area contributed by atoms with Gasteiger partial charge >= 0.3 is 0 Å². The largest absolute Gasteiger partial charge is 0.0726 e. The van der Waals surface area contributed by atoms with Crippen LogP contribution < -0.4 is 0 Å². The summed E-state index contributed by atoms with van der Waals surface area (Å²) in [4.78, 5) is 0. The van der Waals surface area contributed by atoms with Gasteiger partial charge in [-0.05, 0) is 47.2 Å². The van der Waals surface area contributed by atoms with E-state index in [0.29, 0.717) is 0 Å². The summed E-state index contributed by atoms with van der Waals surface area (Å²) in [5, 5.41) is 2.75. The van der Waals surface area contributed by atoms with Crippen LogP contribution in [0.1, 0.15) is 37.3 Å². The van der Waals surface area contributed by atoms with E-state index in [2.05, 4.69) is 62.4 Å². The maximum Gasteiger partial charge on any atom is -0.0103 e. The first kappa shape index (κ1) is 12.2. The lowest BCUT2D eigenvalue weighted by atomic mass is 9.96. The molecule has 0 amide bonds. The lowest BCUT2D eigenvalue weighted by molar-refractivity contribution is 0.887. The molecule has 0 heteroatoms. The second kappa shape index (κ2) is 5.05. The SMILES string of the molecule is CCCC1=CC(c2ccc(C)c3ccccc23)=CC1. The molecular weight excluding hydrogens is 228 g/mol. The quantitative estimate of drug-likeness (QED) is 0.657. The molecule has 0 aliphatic heterocycles. The van der Waals surface area contributed by atoms with Crippen LogP contribution in [0.25, 0.3) is 16.3 Å². The molecule has 3 rings (SSSR count). The van der Waals surface area contributed by atoms with Crippen molar-refractivity contribution in [3.05, 3.63) is 65.3 Å². The number of aryl methyl sites for hydroxylation is 1. The van der Waals surface area contributed by atoms with Gasteiger partial charge in [0.2, 0.25) is 0 Å². The van der Waals surface area contributed by atoms with Crippen LogP contribution in [-0.4, -0.2) is 0 Å². The first-order chi connectivity index (χ1) is 9.29. The molecule has 0 spiro atoms. The third kappa shape index (κ3) is 2.23. The van der Waals surface area contributed by atoms with Crippen LogP contribution in [0.4, 0.5) is 0 Å². The van der Waals surface area contributed by atoms with Crippen LogP contribution >= 0.6 is 0 Å². The van der Waals surface area contributed by atoms with Crippen molar-refractivity contribution in [3.8, 4) is 0 Å². The summed E-state index contributed by atoms with van der Waals surface area (Å²) in [6.45, 7) is 4.44. The Morgan fingerprint density at radius 1 is 1.00 bits per heavy atom. The Labute approximate surface area is 115 Å². The summed E-state index contributed by atoms with van der Waals surface area (Å²) >= 11 is 0. The number of hydrogen-bond donors (Lipinski definition) is 0. The van der Waals surface area contributed by atoms with Crippen LogP contribution in [0, 0.1) is 6.92 Å². The Kier molecular flexibility index (Phi) is 3.25. The molecule has 19 heavy (non-hydrogen) atoms. The van der Waals surface area contributed by atoms with E-state index in [0.717, 1.165) is 6.42 Å². The highest BCUT2D eigenvalue weighted by molar-refractivity contribution is 5.98. The second-order valence-corrected chi connectivity index (χ2v) is 5.39. The average molecular weight is 248 g/mol. The van der Waals surface area contributed by atoms with Crippen molar-refractivity contribution in [2.24, 2.45) is 0 Å². The van der Waals surface area contributed by atoms with Crippen molar-refractivity contribution in [3.63, 3.8) is 0 Å². The molecule has 0 N–H and O–H groups in total. The second-order valence-electron chi connectivity index (χ2n) is 5.39. The summed E-state index contributed by atoms with van der Waals surface area (Å²) in [5.74, 6) is 0. The molecule has 2 aromatic carbocycles. The number of allylic oxidation sites excluding steroid dienone is 4. The Bertz CT molecular complexity index is 671. The van der Waals surface area contributed by atoms with Crippen molar-refractivity contribution in [2.45, 2.75) is 33.1 Å². The van der Waals surface area contributed by atoms with Crippen molar-refractivity contribution >= 4 is 16.3 Å². The van der Waals surface area contributed by atoms with E-state index < -0.39 is 0 Å². The average Bonchev–Trinajstić information content (AvgIpc) is 2.88. The predicted molar refractivity (Wildman–Crippen MR) is 84.3 cm³/mol. The summed E-state index contributed by atoms with van der Waals surface area (Å²) < 4.78 is 0. The van der Waals surface area contributed by atoms with Crippen LogP contribution in [-0.2, 0) is 0 Å². The first-order valence-corrected chi connectivity index (χ1v) is 7.18. The fourth-order valence-corrected chi connectivity index (χ4v) is 2.96. The van der Waals surface area contributed by atoms with Gasteiger partial charge in [-0.2, -0.15) is 0 Å². The lowest BCUT2D eigenvalue weighted by Crippen LogP contribution is -1.86. The van der Waals surface area contributed by atoms with E-state index in [9.17, 15) is 0 Å². The van der Waals surface area contributed by atoms with Gasteiger partial charge in [-0.1, -0.05) is 67.5 Å². The highest BCUT2D eigenvalue weighted by atomic mass is 14.2. The molecule has 0 radical (unpaired) electrons. The topological polar surface area (TPSA) is 0 Å². The molecule has 0 heterocycles. The van der Waals surface area contributed by atoms with Crippen molar-refractivity contribution in [1.29, 1.82) is 0 Å². The molecule has 1 aliphatic carbocycles. The minimum absolute atomic E-state index is 1.13. The Hall–Kier alpha value is -1.82. The predicted octanol–water partition coefficient (Wildman–Crippen LogP) is 5.66. The fraction of sp³-hybridized carbons (Fsp3) is 0.263. The standard InChI is InChI=1S/C19H20/c1-3-6-15-10-11-16(13-15)18-12-9-14(2)17-7-4-5-8-19(17)18/h4-5,7-9,11-13H,3,6,10H2,1-2H3. The van der Waals surface area contributed by atoms with Crippen LogP contribution in [0.3, 0.4) is 0 Å². The molecule has 0 bridgehead atoms. The number of fused-ring (bicyclic) bond motifs is 1. The van der Waals surface area contributed by atoms with Gasteiger partial charge in [-0.3, -0.25) is 0 Å². The molecule has 0 aromatic heterocycles. The van der Waals surface area contributed by atoms with Gasteiger partial charge in [0, 0.05) is 0 Å². The van der Waals surface area contributed by atoms with Gasteiger partial charge in [0.15, 0.2) is 0 Å². The summed E-state index contributed by atoms with van der Waals surface area (Å²) in [5.41, 5.74) is 5.71. The van der Waals surface area contributed by atoms with Crippen LogP contribution in [0.5, 0.6) is 0 Å². The molecule has 2 aromatic rings. The van der Waals surface area contributed by atoms with Gasteiger partial charge in [0.25, 0.3) is 0 Å². The maximum atomic E-state index is 2.39. The molecular formula is C19H20. The third-order valence-corrected chi connectivity index (χ3v) is 3.97. The van der Waals surface area contributed by atoms with E-state index in [4.69, 9.17) is 0 Å². The first-order valence-electron chi connectivity index (χ1n) is 7.18. The van der Waals surface area contributed by atoms with Crippen molar-refractivity contribution in [2.75, 3.05) is 0 Å². The van der Waals surface area contributed by atoms with Gasteiger partial charge in [-0.15, -0.1) is 0 Å². The summed E-state index contributed by atoms with van der Waals surface area (Å²) in [6, 6.07) is 13.2. The molecule has 0 saturated heterocycles. The van der Waals surface area contributed by atoms with Gasteiger partial charge in [0.05, 0.1) is 0 Å². The Morgan fingerprint density at radius 3 is 2.58 bits per heavy atom. The van der Waals surface area contributed by atoms with Crippen LogP contribution in [0.2, 0.25) is 0 Å². The number of benzene rings is 2. The van der Waals surface area contributed by atoms with Crippen LogP contribution in [0.15, 0.2) is 54.1 Å². The molecule has 0 fully saturated rings. The van der Waals surface area contributed by atoms with E-state index in [1.165, 1.54) is 40.3 Å². The van der Waals surface area contributed by atoms with E-state index in [1.807, 2.05) is 0 Å². The third-order valence-electron chi connectivity index (χ3n) is 3.97. The monoisotopic (exact) mass is 248 g/mol. The Morgan fingerprint density at radius 2 is 1.79 bits per heavy atom. The molecule has 0 saturated carbocycles. The van der Waals surface area contributed by atoms with E-state index in [-0.39, 0.29) is 0 Å². The van der Waals surface area contributed by atoms with Gasteiger partial charge in [0.1, 0.15) is 0 Å². The normalized spacial score (nSPS) is 14.6. The van der Waals surface area contributed by atoms with Gasteiger partial charge in [-0.25, -0.2) is 0 Å². The summed E-state index contributed by atoms with van der Waals surface area (Å²) in [7, 11) is 0. The molecule has 1 aliphatic rings.